The number of rotatable bonds is 4. The van der Waals surface area contributed by atoms with Gasteiger partial charge in [0.25, 0.3) is 0 Å². The van der Waals surface area contributed by atoms with E-state index in [2.05, 4.69) is 20.6 Å². The van der Waals surface area contributed by atoms with Crippen LogP contribution in [0.15, 0.2) is 66.9 Å². The van der Waals surface area contributed by atoms with Gasteiger partial charge < -0.3 is 10.6 Å². The molecule has 6 nitrogen and oxygen atoms in total. The van der Waals surface area contributed by atoms with Crippen LogP contribution in [0.1, 0.15) is 27.2 Å². The monoisotopic (exact) mass is 484 g/mol. The Morgan fingerprint density at radius 3 is 2.29 bits per heavy atom. The average Bonchev–Trinajstić information content (AvgIpc) is 2.77. The molecule has 0 saturated heterocycles. The molecule has 0 aliphatic carbocycles. The van der Waals surface area contributed by atoms with E-state index in [-0.39, 0.29) is 11.5 Å². The molecule has 0 unspecified atom stereocenters. The lowest BCUT2D eigenvalue weighted by molar-refractivity contribution is -0.137. The zero-order valence-electron chi connectivity index (χ0n) is 17.6. The number of urea groups is 1. The SMILES string of the molecule is Cc1cnc2ccc(C(=O)c3cccc(NC(=O)Nc4ccc(C(F)(F)F)c(Cl)c4)c3)cc2n1. The molecule has 10 heteroatoms. The number of nitrogens with one attached hydrogen (secondary N) is 2. The topological polar surface area (TPSA) is 84.0 Å². The standard InChI is InChI=1S/C24H16ClF3N4O2/c1-13-12-29-20-8-5-15(10-21(20)30-13)22(33)14-3-2-4-16(9-14)31-23(34)32-17-6-7-18(19(25)11-17)24(26,27)28/h2-12H,1H3,(H2,31,32,34). The van der Waals surface area contributed by atoms with E-state index >= 15 is 0 Å². The smallest absolute Gasteiger partial charge is 0.308 e. The van der Waals surface area contributed by atoms with Crippen LogP contribution in [0.3, 0.4) is 0 Å². The number of nitrogens with zero attached hydrogens (tertiary/aromatic N) is 2. The minimum atomic E-state index is -4.60. The highest BCUT2D eigenvalue weighted by atomic mass is 35.5. The number of alkyl halides is 3. The van der Waals surface area contributed by atoms with Crippen LogP contribution in [0.25, 0.3) is 11.0 Å². The first-order valence-electron chi connectivity index (χ1n) is 9.93. The Balaban J connectivity index is 1.49. The second-order valence-electron chi connectivity index (χ2n) is 7.40. The zero-order valence-corrected chi connectivity index (χ0v) is 18.3. The van der Waals surface area contributed by atoms with Crippen LogP contribution < -0.4 is 10.6 Å². The largest absolute Gasteiger partial charge is 0.417 e. The number of ketones is 1. The lowest BCUT2D eigenvalue weighted by Gasteiger charge is -2.12. The fourth-order valence-electron chi connectivity index (χ4n) is 3.27. The van der Waals surface area contributed by atoms with Crippen LogP contribution in [0.4, 0.5) is 29.3 Å². The van der Waals surface area contributed by atoms with Gasteiger partial charge in [-0.25, -0.2) is 9.78 Å². The molecule has 4 aromatic rings. The van der Waals surface area contributed by atoms with E-state index in [1.165, 1.54) is 6.07 Å². The second-order valence-corrected chi connectivity index (χ2v) is 7.80. The lowest BCUT2D eigenvalue weighted by Crippen LogP contribution is -2.20. The third-order valence-electron chi connectivity index (χ3n) is 4.84. The summed E-state index contributed by atoms with van der Waals surface area (Å²) in [6, 6.07) is 13.5. The molecule has 172 valence electrons. The molecule has 0 atom stereocenters. The van der Waals surface area contributed by atoms with Gasteiger partial charge in [-0.15, -0.1) is 0 Å². The van der Waals surface area contributed by atoms with Crippen molar-refractivity contribution in [2.75, 3.05) is 10.6 Å². The Labute approximate surface area is 196 Å². The van der Waals surface area contributed by atoms with Crippen LogP contribution in [-0.4, -0.2) is 21.8 Å². The van der Waals surface area contributed by atoms with Crippen LogP contribution in [0.5, 0.6) is 0 Å². The van der Waals surface area contributed by atoms with Gasteiger partial charge in [0.15, 0.2) is 5.78 Å². The molecule has 2 amide bonds. The van der Waals surface area contributed by atoms with Gasteiger partial charge in [0.1, 0.15) is 0 Å². The first kappa shape index (κ1) is 23.2. The third-order valence-corrected chi connectivity index (χ3v) is 5.15. The first-order chi connectivity index (χ1) is 16.1. The Hall–Kier alpha value is -3.98. The zero-order chi connectivity index (χ0) is 24.5. The van der Waals surface area contributed by atoms with Crippen molar-refractivity contribution in [1.82, 2.24) is 9.97 Å². The molecule has 3 aromatic carbocycles. The number of halogens is 4. The number of aromatic nitrogens is 2. The number of benzene rings is 3. The van der Waals surface area contributed by atoms with E-state index in [1.54, 1.807) is 49.5 Å². The van der Waals surface area contributed by atoms with Crippen LogP contribution in [-0.2, 0) is 6.18 Å². The highest BCUT2D eigenvalue weighted by Crippen LogP contribution is 2.35. The molecule has 0 aliphatic heterocycles. The molecule has 34 heavy (non-hydrogen) atoms. The summed E-state index contributed by atoms with van der Waals surface area (Å²) in [6.07, 6.45) is -2.95. The maximum atomic E-state index is 13.0. The van der Waals surface area contributed by atoms with Crippen molar-refractivity contribution in [3.05, 3.63) is 94.3 Å². The molecule has 4 rings (SSSR count). The summed E-state index contributed by atoms with van der Waals surface area (Å²) in [5.41, 5.74) is 2.12. The number of aryl methyl sites for hydroxylation is 1. The van der Waals surface area contributed by atoms with Crippen molar-refractivity contribution in [3.63, 3.8) is 0 Å². The van der Waals surface area contributed by atoms with Gasteiger partial charge in [-0.3, -0.25) is 9.78 Å². The number of fused-ring (bicyclic) bond motifs is 1. The minimum absolute atomic E-state index is 0.0790. The molecule has 1 heterocycles. The Kier molecular flexibility index (Phi) is 6.21. The molecule has 2 N–H and O–H groups in total. The fraction of sp³-hybridized carbons (Fsp3) is 0.0833. The van der Waals surface area contributed by atoms with Crippen molar-refractivity contribution in [2.24, 2.45) is 0 Å². The quantitative estimate of drug-likeness (QED) is 0.324. The number of hydrogen-bond acceptors (Lipinski definition) is 4. The second kappa shape index (κ2) is 9.11. The maximum Gasteiger partial charge on any atom is 0.417 e. The van der Waals surface area contributed by atoms with Crippen LogP contribution in [0.2, 0.25) is 5.02 Å². The van der Waals surface area contributed by atoms with Crippen LogP contribution >= 0.6 is 11.6 Å². The van der Waals surface area contributed by atoms with Gasteiger partial charge in [-0.2, -0.15) is 13.2 Å². The predicted octanol–water partition coefficient (Wildman–Crippen LogP) is 6.49. The number of carbonyl (C=O) groups excluding carboxylic acids is 2. The number of carbonyl (C=O) groups is 2. The number of amides is 2. The number of anilines is 2. The molecule has 0 saturated carbocycles. The molecule has 0 aliphatic rings. The molecule has 0 fully saturated rings. The molecule has 0 spiro atoms. The minimum Gasteiger partial charge on any atom is -0.308 e. The van der Waals surface area contributed by atoms with E-state index in [0.717, 1.165) is 23.9 Å². The molecular weight excluding hydrogens is 469 g/mol. The van der Waals surface area contributed by atoms with Crippen molar-refractivity contribution >= 4 is 45.8 Å². The maximum absolute atomic E-state index is 13.0. The van der Waals surface area contributed by atoms with Gasteiger partial charge in [0.2, 0.25) is 0 Å². The summed E-state index contributed by atoms with van der Waals surface area (Å²) in [5.74, 6) is -0.274. The van der Waals surface area contributed by atoms with E-state index < -0.39 is 22.8 Å². The molecular formula is C24H16ClF3N4O2. The summed E-state index contributed by atoms with van der Waals surface area (Å²) in [5, 5.41) is 4.43. The van der Waals surface area contributed by atoms with Gasteiger partial charge in [-0.05, 0) is 55.5 Å². The van der Waals surface area contributed by atoms with Gasteiger partial charge in [0, 0.05) is 28.7 Å². The first-order valence-corrected chi connectivity index (χ1v) is 10.3. The highest BCUT2D eigenvalue weighted by molar-refractivity contribution is 6.31. The average molecular weight is 485 g/mol. The summed E-state index contributed by atoms with van der Waals surface area (Å²) < 4.78 is 38.5. The van der Waals surface area contributed by atoms with E-state index in [1.807, 2.05) is 0 Å². The van der Waals surface area contributed by atoms with Gasteiger partial charge in [0.05, 0.1) is 27.3 Å². The van der Waals surface area contributed by atoms with E-state index in [9.17, 15) is 22.8 Å². The Bertz CT molecular complexity index is 1420. The normalized spacial score (nSPS) is 11.3. The fourth-order valence-corrected chi connectivity index (χ4v) is 3.55. The van der Waals surface area contributed by atoms with Gasteiger partial charge in [-0.1, -0.05) is 23.7 Å². The third kappa shape index (κ3) is 5.15. The van der Waals surface area contributed by atoms with Crippen molar-refractivity contribution in [3.8, 4) is 0 Å². The lowest BCUT2D eigenvalue weighted by atomic mass is 10.0. The van der Waals surface area contributed by atoms with E-state index in [4.69, 9.17) is 11.6 Å². The van der Waals surface area contributed by atoms with E-state index in [0.29, 0.717) is 27.8 Å². The molecule has 1 aromatic heterocycles. The van der Waals surface area contributed by atoms with Crippen molar-refractivity contribution in [1.29, 1.82) is 0 Å². The summed E-state index contributed by atoms with van der Waals surface area (Å²) >= 11 is 5.68. The summed E-state index contributed by atoms with van der Waals surface area (Å²) in [6.45, 7) is 1.81. The van der Waals surface area contributed by atoms with Crippen molar-refractivity contribution in [2.45, 2.75) is 13.1 Å². The highest BCUT2D eigenvalue weighted by Gasteiger charge is 2.33. The molecule has 0 bridgehead atoms. The summed E-state index contributed by atoms with van der Waals surface area (Å²) in [4.78, 5) is 33.9. The van der Waals surface area contributed by atoms with Crippen molar-refractivity contribution < 1.29 is 22.8 Å². The van der Waals surface area contributed by atoms with Crippen LogP contribution in [0, 0.1) is 6.92 Å². The van der Waals surface area contributed by atoms with Gasteiger partial charge >= 0.3 is 12.2 Å². The number of hydrogen-bond donors (Lipinski definition) is 2. The molecule has 0 radical (unpaired) electrons. The Morgan fingerprint density at radius 1 is 0.882 bits per heavy atom. The summed E-state index contributed by atoms with van der Waals surface area (Å²) in [7, 11) is 0. The predicted molar refractivity (Wildman–Crippen MR) is 123 cm³/mol. The Morgan fingerprint density at radius 2 is 1.59 bits per heavy atom.